The van der Waals surface area contributed by atoms with Crippen molar-refractivity contribution < 1.29 is 9.53 Å². The van der Waals surface area contributed by atoms with Gasteiger partial charge in [-0.05, 0) is 24.3 Å². The van der Waals surface area contributed by atoms with Crippen LogP contribution in [-0.2, 0) is 4.79 Å². The van der Waals surface area contributed by atoms with E-state index < -0.39 is 0 Å². The monoisotopic (exact) mass is 442 g/mol. The van der Waals surface area contributed by atoms with Gasteiger partial charge in [0, 0.05) is 53.9 Å². The predicted molar refractivity (Wildman–Crippen MR) is 123 cm³/mol. The Labute approximate surface area is 185 Å². The van der Waals surface area contributed by atoms with Crippen LogP contribution in [0.25, 0.3) is 11.3 Å². The van der Waals surface area contributed by atoms with E-state index in [1.54, 1.807) is 7.11 Å². The molecule has 0 atom stereocenters. The Morgan fingerprint density at radius 2 is 1.93 bits per heavy atom. The van der Waals surface area contributed by atoms with Gasteiger partial charge in [-0.1, -0.05) is 29.8 Å². The molecule has 6 nitrogen and oxygen atoms in total. The van der Waals surface area contributed by atoms with Crippen molar-refractivity contribution in [2.24, 2.45) is 0 Å². The number of carbonyl (C=O) groups excluding carboxylic acids is 1. The highest BCUT2D eigenvalue weighted by Crippen LogP contribution is 2.26. The van der Waals surface area contributed by atoms with Gasteiger partial charge < -0.3 is 15.0 Å². The van der Waals surface area contributed by atoms with Crippen LogP contribution < -0.4 is 15.0 Å². The molecule has 0 bridgehead atoms. The summed E-state index contributed by atoms with van der Waals surface area (Å²) in [7, 11) is 1.68. The quantitative estimate of drug-likeness (QED) is 0.619. The summed E-state index contributed by atoms with van der Waals surface area (Å²) in [5.41, 5.74) is 2.96. The Morgan fingerprint density at radius 1 is 1.17 bits per heavy atom. The lowest BCUT2D eigenvalue weighted by Crippen LogP contribution is -2.48. The summed E-state index contributed by atoms with van der Waals surface area (Å²) in [5.74, 6) is 0.817. The number of aromatic nitrogens is 1. The van der Waals surface area contributed by atoms with E-state index in [9.17, 15) is 4.79 Å². The molecule has 0 unspecified atom stereocenters. The van der Waals surface area contributed by atoms with Crippen LogP contribution in [0.3, 0.4) is 0 Å². The van der Waals surface area contributed by atoms with Crippen molar-refractivity contribution in [3.63, 3.8) is 0 Å². The summed E-state index contributed by atoms with van der Waals surface area (Å²) in [5, 5.41) is 6.16. The van der Waals surface area contributed by atoms with Gasteiger partial charge in [-0.15, -0.1) is 11.3 Å². The van der Waals surface area contributed by atoms with Crippen LogP contribution in [0.15, 0.2) is 53.9 Å². The SMILES string of the molecule is COc1cccc(N2CCN(CC(=O)Nc3nc(-c4ccc(Cl)cc4)cs3)CC2)c1. The van der Waals surface area contributed by atoms with E-state index in [4.69, 9.17) is 16.3 Å². The first-order valence-corrected chi connectivity index (χ1v) is 11.0. The topological polar surface area (TPSA) is 57.7 Å². The van der Waals surface area contributed by atoms with Crippen molar-refractivity contribution in [2.75, 3.05) is 50.1 Å². The first-order valence-electron chi connectivity index (χ1n) is 9.73. The fourth-order valence-corrected chi connectivity index (χ4v) is 4.28. The van der Waals surface area contributed by atoms with Crippen LogP contribution in [-0.4, -0.2) is 55.6 Å². The molecule has 1 fully saturated rings. The van der Waals surface area contributed by atoms with Gasteiger partial charge in [0.1, 0.15) is 5.75 Å². The smallest absolute Gasteiger partial charge is 0.240 e. The van der Waals surface area contributed by atoms with E-state index >= 15 is 0 Å². The summed E-state index contributed by atoms with van der Waals surface area (Å²) >= 11 is 7.36. The maximum absolute atomic E-state index is 12.5. The molecule has 2 aromatic carbocycles. The lowest BCUT2D eigenvalue weighted by molar-refractivity contribution is -0.117. The van der Waals surface area contributed by atoms with Crippen LogP contribution in [0.5, 0.6) is 5.75 Å². The third-order valence-corrected chi connectivity index (χ3v) is 6.06. The number of halogens is 1. The fraction of sp³-hybridized carbons (Fsp3) is 0.273. The van der Waals surface area contributed by atoms with Crippen LogP contribution in [0.4, 0.5) is 10.8 Å². The van der Waals surface area contributed by atoms with Crippen LogP contribution >= 0.6 is 22.9 Å². The van der Waals surface area contributed by atoms with Crippen molar-refractivity contribution in [1.82, 2.24) is 9.88 Å². The molecule has 1 aromatic heterocycles. The zero-order chi connectivity index (χ0) is 20.9. The summed E-state index contributed by atoms with van der Waals surface area (Å²) in [6.45, 7) is 3.77. The number of nitrogens with one attached hydrogen (secondary N) is 1. The minimum absolute atomic E-state index is 0.0400. The molecule has 1 saturated heterocycles. The third kappa shape index (κ3) is 5.11. The highest BCUT2D eigenvalue weighted by atomic mass is 35.5. The fourth-order valence-electron chi connectivity index (χ4n) is 3.42. The predicted octanol–water partition coefficient (Wildman–Crippen LogP) is 4.23. The standard InChI is InChI=1S/C22H23ClN4O2S/c1-29-19-4-2-3-18(13-19)27-11-9-26(10-12-27)14-21(28)25-22-24-20(15-30-22)16-5-7-17(23)8-6-16/h2-8,13,15H,9-12,14H2,1H3,(H,24,25,28). The van der Waals surface area contributed by atoms with E-state index in [1.807, 2.05) is 47.8 Å². The third-order valence-electron chi connectivity index (χ3n) is 5.05. The average Bonchev–Trinajstić information content (AvgIpc) is 3.23. The van der Waals surface area contributed by atoms with Crippen LogP contribution in [0.1, 0.15) is 0 Å². The van der Waals surface area contributed by atoms with Crippen LogP contribution in [0.2, 0.25) is 5.02 Å². The van der Waals surface area contributed by atoms with Gasteiger partial charge in [-0.2, -0.15) is 0 Å². The van der Waals surface area contributed by atoms with Crippen LogP contribution in [0, 0.1) is 0 Å². The number of anilines is 2. The molecule has 0 aliphatic carbocycles. The Balaban J connectivity index is 1.27. The first kappa shape index (κ1) is 20.7. The van der Waals surface area contributed by atoms with Crippen molar-refractivity contribution >= 4 is 39.7 Å². The van der Waals surface area contributed by atoms with E-state index in [2.05, 4.69) is 26.2 Å². The Hall–Kier alpha value is -2.61. The van der Waals surface area contributed by atoms with Crippen molar-refractivity contribution in [2.45, 2.75) is 0 Å². The molecular weight excluding hydrogens is 420 g/mol. The molecular formula is C22H23ClN4O2S. The van der Waals surface area contributed by atoms with Gasteiger partial charge in [-0.3, -0.25) is 9.69 Å². The van der Waals surface area contributed by atoms with Gasteiger partial charge in [0.05, 0.1) is 19.3 Å². The molecule has 0 saturated carbocycles. The van der Waals surface area contributed by atoms with Gasteiger partial charge >= 0.3 is 0 Å². The van der Waals surface area contributed by atoms with Gasteiger partial charge in [0.15, 0.2) is 5.13 Å². The molecule has 1 amide bonds. The van der Waals surface area contributed by atoms with Crippen molar-refractivity contribution in [3.05, 3.63) is 58.9 Å². The number of amides is 1. The van der Waals surface area contributed by atoms with Crippen molar-refractivity contribution in [3.8, 4) is 17.0 Å². The Bertz CT molecular complexity index is 1000. The van der Waals surface area contributed by atoms with E-state index in [0.29, 0.717) is 16.7 Å². The highest BCUT2D eigenvalue weighted by molar-refractivity contribution is 7.14. The molecule has 0 spiro atoms. The van der Waals surface area contributed by atoms with Crippen molar-refractivity contribution in [1.29, 1.82) is 0 Å². The van der Waals surface area contributed by atoms with E-state index in [0.717, 1.165) is 48.9 Å². The molecule has 2 heterocycles. The maximum atomic E-state index is 12.5. The van der Waals surface area contributed by atoms with Gasteiger partial charge in [-0.25, -0.2) is 4.98 Å². The first-order chi connectivity index (χ1) is 14.6. The highest BCUT2D eigenvalue weighted by Gasteiger charge is 2.20. The number of thiazole rings is 1. The maximum Gasteiger partial charge on any atom is 0.240 e. The normalized spacial score (nSPS) is 14.5. The zero-order valence-electron chi connectivity index (χ0n) is 16.7. The van der Waals surface area contributed by atoms with E-state index in [-0.39, 0.29) is 5.91 Å². The lowest BCUT2D eigenvalue weighted by atomic mass is 10.2. The summed E-state index contributed by atoms with van der Waals surface area (Å²) in [4.78, 5) is 21.5. The number of nitrogens with zero attached hydrogens (tertiary/aromatic N) is 3. The number of methoxy groups -OCH3 is 1. The number of ether oxygens (including phenoxy) is 1. The molecule has 1 aliphatic rings. The molecule has 1 N–H and O–H groups in total. The van der Waals surface area contributed by atoms with E-state index in [1.165, 1.54) is 11.3 Å². The number of hydrogen-bond acceptors (Lipinski definition) is 6. The molecule has 30 heavy (non-hydrogen) atoms. The Morgan fingerprint density at radius 3 is 2.67 bits per heavy atom. The second-order valence-corrected chi connectivity index (χ2v) is 8.35. The minimum Gasteiger partial charge on any atom is -0.497 e. The minimum atomic E-state index is -0.0400. The number of carbonyl (C=O) groups is 1. The Kier molecular flexibility index (Phi) is 6.52. The number of rotatable bonds is 6. The molecule has 156 valence electrons. The second kappa shape index (κ2) is 9.47. The second-order valence-electron chi connectivity index (χ2n) is 7.06. The summed E-state index contributed by atoms with van der Waals surface area (Å²) in [6.07, 6.45) is 0. The number of piperazine rings is 1. The van der Waals surface area contributed by atoms with Gasteiger partial charge in [0.25, 0.3) is 0 Å². The summed E-state index contributed by atoms with van der Waals surface area (Å²) in [6, 6.07) is 15.6. The average molecular weight is 443 g/mol. The lowest BCUT2D eigenvalue weighted by Gasteiger charge is -2.35. The number of benzene rings is 2. The molecule has 3 aromatic rings. The molecule has 4 rings (SSSR count). The molecule has 0 radical (unpaired) electrons. The summed E-state index contributed by atoms with van der Waals surface area (Å²) < 4.78 is 5.31. The largest absolute Gasteiger partial charge is 0.497 e. The number of hydrogen-bond donors (Lipinski definition) is 1. The van der Waals surface area contributed by atoms with Gasteiger partial charge in [0.2, 0.25) is 5.91 Å². The molecule has 1 aliphatic heterocycles. The zero-order valence-corrected chi connectivity index (χ0v) is 18.2. The molecule has 8 heteroatoms.